The molecule has 0 spiro atoms. The van der Waals surface area contributed by atoms with E-state index in [2.05, 4.69) is 13.8 Å². The fourth-order valence-electron chi connectivity index (χ4n) is 2.13. The first-order valence-corrected chi connectivity index (χ1v) is 7.32. The molecule has 2 aromatic carbocycles. The quantitative estimate of drug-likeness (QED) is 0.740. The number of hydrogen-bond donors (Lipinski definition) is 0. The largest absolute Gasteiger partial charge is 0.309 e. The molecule has 0 saturated heterocycles. The van der Waals surface area contributed by atoms with Crippen LogP contribution in [0.2, 0.25) is 0 Å². The van der Waals surface area contributed by atoms with Gasteiger partial charge in [-0.1, -0.05) is 55.0 Å². The highest BCUT2D eigenvalue weighted by Crippen LogP contribution is 2.15. The van der Waals surface area contributed by atoms with Gasteiger partial charge in [-0.25, -0.2) is 0 Å². The number of carbonyl (C=O) groups is 1. The molecular weight excluding hydrogens is 258 g/mol. The number of hydrogen-bond acceptors (Lipinski definition) is 1. The predicted octanol–water partition coefficient (Wildman–Crippen LogP) is 4.45. The van der Waals surface area contributed by atoms with Crippen LogP contribution < -0.4 is 4.90 Å². The van der Waals surface area contributed by atoms with Crippen LogP contribution in [0, 0.1) is 6.92 Å². The molecule has 2 nitrogen and oxygen atoms in total. The van der Waals surface area contributed by atoms with E-state index in [-0.39, 0.29) is 5.91 Å². The molecule has 0 aliphatic heterocycles. The molecule has 1 amide bonds. The molecule has 0 aliphatic rings. The average Bonchev–Trinajstić information content (AvgIpc) is 2.52. The Morgan fingerprint density at radius 3 is 2.33 bits per heavy atom. The number of amides is 1. The third-order valence-corrected chi connectivity index (χ3v) is 3.28. The maximum absolute atomic E-state index is 12.4. The molecule has 0 saturated carbocycles. The lowest BCUT2D eigenvalue weighted by Crippen LogP contribution is -2.29. The van der Waals surface area contributed by atoms with Gasteiger partial charge >= 0.3 is 0 Å². The Kier molecular flexibility index (Phi) is 5.33. The van der Waals surface area contributed by atoms with Crippen LogP contribution in [0.15, 0.2) is 60.7 Å². The first-order chi connectivity index (χ1) is 10.2. The molecule has 0 fully saturated rings. The zero-order valence-electron chi connectivity index (χ0n) is 12.6. The van der Waals surface area contributed by atoms with Gasteiger partial charge in [-0.3, -0.25) is 4.79 Å². The molecule has 0 atom stereocenters. The zero-order valence-corrected chi connectivity index (χ0v) is 12.6. The maximum Gasteiger partial charge on any atom is 0.250 e. The Labute approximate surface area is 126 Å². The normalized spacial score (nSPS) is 10.8. The van der Waals surface area contributed by atoms with E-state index in [1.165, 1.54) is 5.56 Å². The third-order valence-electron chi connectivity index (χ3n) is 3.28. The number of aryl methyl sites for hydroxylation is 1. The molecule has 0 N–H and O–H groups in total. The summed E-state index contributed by atoms with van der Waals surface area (Å²) in [5.41, 5.74) is 3.20. The first kappa shape index (κ1) is 15.0. The van der Waals surface area contributed by atoms with Crippen LogP contribution in [-0.2, 0) is 4.79 Å². The number of rotatable bonds is 5. The monoisotopic (exact) mass is 279 g/mol. The van der Waals surface area contributed by atoms with E-state index >= 15 is 0 Å². The van der Waals surface area contributed by atoms with E-state index in [0.29, 0.717) is 0 Å². The summed E-state index contributed by atoms with van der Waals surface area (Å²) in [4.78, 5) is 14.2. The number of benzene rings is 2. The molecule has 0 heterocycles. The Hall–Kier alpha value is -2.35. The van der Waals surface area contributed by atoms with Gasteiger partial charge in [-0.15, -0.1) is 0 Å². The summed E-state index contributed by atoms with van der Waals surface area (Å²) in [6.07, 6.45) is 4.44. The second-order valence-corrected chi connectivity index (χ2v) is 5.07. The molecule has 2 aromatic rings. The summed E-state index contributed by atoms with van der Waals surface area (Å²) in [5, 5.41) is 0. The topological polar surface area (TPSA) is 20.3 Å². The van der Waals surface area contributed by atoms with Crippen molar-refractivity contribution in [2.45, 2.75) is 20.3 Å². The van der Waals surface area contributed by atoms with E-state index in [9.17, 15) is 4.79 Å². The SMILES string of the molecule is CCCN(C(=O)/C=C/c1ccc(C)cc1)c1ccccc1. The fraction of sp³-hybridized carbons (Fsp3) is 0.211. The Morgan fingerprint density at radius 1 is 1.05 bits per heavy atom. The van der Waals surface area contributed by atoms with Crippen molar-refractivity contribution in [1.29, 1.82) is 0 Å². The molecule has 0 radical (unpaired) electrons. The summed E-state index contributed by atoms with van der Waals surface area (Å²) in [6.45, 7) is 4.85. The third kappa shape index (κ3) is 4.32. The molecule has 0 unspecified atom stereocenters. The van der Waals surface area contributed by atoms with E-state index in [1.807, 2.05) is 65.6 Å². The van der Waals surface area contributed by atoms with Crippen molar-refractivity contribution in [3.05, 3.63) is 71.8 Å². The van der Waals surface area contributed by atoms with E-state index in [4.69, 9.17) is 0 Å². The van der Waals surface area contributed by atoms with Gasteiger partial charge < -0.3 is 4.90 Å². The van der Waals surface area contributed by atoms with Crippen molar-refractivity contribution in [2.75, 3.05) is 11.4 Å². The van der Waals surface area contributed by atoms with Crippen molar-refractivity contribution >= 4 is 17.7 Å². The highest BCUT2D eigenvalue weighted by Gasteiger charge is 2.11. The van der Waals surface area contributed by atoms with E-state index in [0.717, 1.165) is 24.2 Å². The second kappa shape index (κ2) is 7.44. The number of carbonyl (C=O) groups excluding carboxylic acids is 1. The number of para-hydroxylation sites is 1. The predicted molar refractivity (Wildman–Crippen MR) is 89.3 cm³/mol. The standard InChI is InChI=1S/C19H21NO/c1-3-15-20(18-7-5-4-6-8-18)19(21)14-13-17-11-9-16(2)10-12-17/h4-14H,3,15H2,1-2H3/b14-13+. The molecular formula is C19H21NO. The van der Waals surface area contributed by atoms with Gasteiger partial charge in [0.15, 0.2) is 0 Å². The fourth-order valence-corrected chi connectivity index (χ4v) is 2.13. The minimum absolute atomic E-state index is 0.0172. The highest BCUT2D eigenvalue weighted by atomic mass is 16.2. The summed E-state index contributed by atoms with van der Waals surface area (Å²) < 4.78 is 0. The van der Waals surface area contributed by atoms with Gasteiger partial charge in [-0.05, 0) is 37.1 Å². The van der Waals surface area contributed by atoms with Crippen LogP contribution in [0.3, 0.4) is 0 Å². The Balaban J connectivity index is 2.13. The van der Waals surface area contributed by atoms with E-state index < -0.39 is 0 Å². The maximum atomic E-state index is 12.4. The molecule has 108 valence electrons. The average molecular weight is 279 g/mol. The lowest BCUT2D eigenvalue weighted by molar-refractivity contribution is -0.114. The number of nitrogens with zero attached hydrogens (tertiary/aromatic N) is 1. The summed E-state index contributed by atoms with van der Waals surface area (Å²) in [7, 11) is 0. The smallest absolute Gasteiger partial charge is 0.250 e. The van der Waals surface area contributed by atoms with Crippen LogP contribution >= 0.6 is 0 Å². The van der Waals surface area contributed by atoms with Gasteiger partial charge in [0.25, 0.3) is 5.91 Å². The molecule has 21 heavy (non-hydrogen) atoms. The molecule has 2 heteroatoms. The molecule has 2 rings (SSSR count). The van der Waals surface area contributed by atoms with Crippen LogP contribution in [0.25, 0.3) is 6.08 Å². The van der Waals surface area contributed by atoms with Crippen LogP contribution in [0.1, 0.15) is 24.5 Å². The van der Waals surface area contributed by atoms with Crippen molar-refractivity contribution in [3.8, 4) is 0 Å². The van der Waals surface area contributed by atoms with Crippen LogP contribution in [0.5, 0.6) is 0 Å². The van der Waals surface area contributed by atoms with Gasteiger partial charge in [-0.2, -0.15) is 0 Å². The van der Waals surface area contributed by atoms with Crippen LogP contribution in [0.4, 0.5) is 5.69 Å². The van der Waals surface area contributed by atoms with Crippen molar-refractivity contribution in [2.24, 2.45) is 0 Å². The number of anilines is 1. The summed E-state index contributed by atoms with van der Waals surface area (Å²) in [5.74, 6) is 0.0172. The molecule has 0 aliphatic carbocycles. The Bertz CT molecular complexity index is 599. The summed E-state index contributed by atoms with van der Waals surface area (Å²) in [6, 6.07) is 17.9. The summed E-state index contributed by atoms with van der Waals surface area (Å²) >= 11 is 0. The highest BCUT2D eigenvalue weighted by molar-refractivity contribution is 6.03. The molecule has 0 aromatic heterocycles. The van der Waals surface area contributed by atoms with Crippen molar-refractivity contribution in [3.63, 3.8) is 0 Å². The van der Waals surface area contributed by atoms with Crippen LogP contribution in [-0.4, -0.2) is 12.5 Å². The lowest BCUT2D eigenvalue weighted by Gasteiger charge is -2.20. The zero-order chi connectivity index (χ0) is 15.1. The first-order valence-electron chi connectivity index (χ1n) is 7.32. The van der Waals surface area contributed by atoms with Crippen molar-refractivity contribution in [1.82, 2.24) is 0 Å². The lowest BCUT2D eigenvalue weighted by atomic mass is 10.1. The minimum atomic E-state index is 0.0172. The second-order valence-electron chi connectivity index (χ2n) is 5.07. The van der Waals surface area contributed by atoms with Gasteiger partial charge in [0.05, 0.1) is 0 Å². The van der Waals surface area contributed by atoms with E-state index in [1.54, 1.807) is 6.08 Å². The van der Waals surface area contributed by atoms with Gasteiger partial charge in [0, 0.05) is 18.3 Å². The Morgan fingerprint density at radius 2 is 1.71 bits per heavy atom. The van der Waals surface area contributed by atoms with Gasteiger partial charge in [0.1, 0.15) is 0 Å². The van der Waals surface area contributed by atoms with Gasteiger partial charge in [0.2, 0.25) is 0 Å². The van der Waals surface area contributed by atoms with Crippen molar-refractivity contribution < 1.29 is 4.79 Å². The minimum Gasteiger partial charge on any atom is -0.309 e. The molecule has 0 bridgehead atoms.